The Balaban J connectivity index is 1.64. The molecule has 26 heavy (non-hydrogen) atoms. The lowest BCUT2D eigenvalue weighted by atomic mass is 9.96. The number of likely N-dealkylation sites (tertiary alicyclic amines) is 1. The molecule has 0 saturated carbocycles. The second-order valence-electron chi connectivity index (χ2n) is 6.82. The number of carbonyl (C=O) groups excluding carboxylic acids is 2. The van der Waals surface area contributed by atoms with Gasteiger partial charge in [0.2, 0.25) is 5.91 Å². The van der Waals surface area contributed by atoms with Crippen LogP contribution in [0.15, 0.2) is 24.3 Å². The minimum Gasteiger partial charge on any atom is -0.338 e. The number of hydrogen-bond acceptors (Lipinski definition) is 4. The van der Waals surface area contributed by atoms with Gasteiger partial charge in [-0.25, -0.2) is 4.98 Å². The lowest BCUT2D eigenvalue weighted by Gasteiger charge is -2.32. The van der Waals surface area contributed by atoms with Crippen LogP contribution in [0.3, 0.4) is 0 Å². The summed E-state index contributed by atoms with van der Waals surface area (Å²) in [6.45, 7) is 7.24. The molecule has 1 saturated heterocycles. The summed E-state index contributed by atoms with van der Waals surface area (Å²) in [5.74, 6) is -0.226. The van der Waals surface area contributed by atoms with Gasteiger partial charge in [-0.1, -0.05) is 24.6 Å². The minimum atomic E-state index is -0.188. The average molecular weight is 372 g/mol. The predicted molar refractivity (Wildman–Crippen MR) is 105 cm³/mol. The van der Waals surface area contributed by atoms with E-state index in [-0.39, 0.29) is 17.7 Å². The topological polar surface area (TPSA) is 62.3 Å². The third-order valence-electron chi connectivity index (χ3n) is 4.84. The highest BCUT2D eigenvalue weighted by Gasteiger charge is 2.29. The molecular weight excluding hydrogens is 346 g/mol. The standard InChI is InChI=1S/C20H25N3O2S/c1-4-17-14(3)26-20(21-17)22-18(24)16-6-5-11-23(12-16)19(25)15-9-7-13(2)8-10-15/h7-10,16H,4-6,11-12H2,1-3H3,(H,21,22,24). The molecule has 2 aromatic rings. The molecule has 138 valence electrons. The molecular formula is C20H25N3O2S. The SMILES string of the molecule is CCc1nc(NC(=O)C2CCCN(C(=O)c3ccc(C)cc3)C2)sc1C. The van der Waals surface area contributed by atoms with E-state index < -0.39 is 0 Å². The second-order valence-corrected chi connectivity index (χ2v) is 8.02. The van der Waals surface area contributed by atoms with Crippen LogP contribution < -0.4 is 5.32 Å². The first-order valence-electron chi connectivity index (χ1n) is 9.11. The van der Waals surface area contributed by atoms with Crippen LogP contribution in [0, 0.1) is 19.8 Å². The van der Waals surface area contributed by atoms with Crippen LogP contribution in [-0.4, -0.2) is 34.8 Å². The average Bonchev–Trinajstić information content (AvgIpc) is 3.01. The molecule has 5 nitrogen and oxygen atoms in total. The number of aromatic nitrogens is 1. The summed E-state index contributed by atoms with van der Waals surface area (Å²) in [5.41, 5.74) is 2.84. The number of benzene rings is 1. The molecule has 0 spiro atoms. The summed E-state index contributed by atoms with van der Waals surface area (Å²) in [6, 6.07) is 7.59. The Kier molecular flexibility index (Phi) is 5.71. The first kappa shape index (κ1) is 18.6. The first-order chi connectivity index (χ1) is 12.5. The van der Waals surface area contributed by atoms with Gasteiger partial charge in [-0.05, 0) is 45.2 Å². The van der Waals surface area contributed by atoms with Crippen LogP contribution in [-0.2, 0) is 11.2 Å². The van der Waals surface area contributed by atoms with Crippen molar-refractivity contribution in [2.45, 2.75) is 40.0 Å². The zero-order valence-corrected chi connectivity index (χ0v) is 16.4. The van der Waals surface area contributed by atoms with Gasteiger partial charge in [0.15, 0.2) is 5.13 Å². The molecule has 1 atom stereocenters. The van der Waals surface area contributed by atoms with Crippen molar-refractivity contribution in [2.75, 3.05) is 18.4 Å². The van der Waals surface area contributed by atoms with Crippen molar-refractivity contribution in [2.24, 2.45) is 5.92 Å². The van der Waals surface area contributed by atoms with E-state index in [4.69, 9.17) is 0 Å². The van der Waals surface area contributed by atoms with Gasteiger partial charge in [0.1, 0.15) is 0 Å². The van der Waals surface area contributed by atoms with Gasteiger partial charge >= 0.3 is 0 Å². The van der Waals surface area contributed by atoms with Crippen molar-refractivity contribution in [1.82, 2.24) is 9.88 Å². The summed E-state index contributed by atoms with van der Waals surface area (Å²) >= 11 is 1.51. The van der Waals surface area contributed by atoms with Crippen molar-refractivity contribution < 1.29 is 9.59 Å². The summed E-state index contributed by atoms with van der Waals surface area (Å²) in [7, 11) is 0. The van der Waals surface area contributed by atoms with Crippen LogP contribution >= 0.6 is 11.3 Å². The second kappa shape index (κ2) is 7.99. The molecule has 0 bridgehead atoms. The Morgan fingerprint density at radius 2 is 2.00 bits per heavy atom. The van der Waals surface area contributed by atoms with Crippen molar-refractivity contribution >= 4 is 28.3 Å². The maximum atomic E-state index is 12.7. The number of thiazole rings is 1. The Hall–Kier alpha value is -2.21. The number of amides is 2. The van der Waals surface area contributed by atoms with Gasteiger partial charge in [0, 0.05) is 23.5 Å². The van der Waals surface area contributed by atoms with E-state index in [9.17, 15) is 9.59 Å². The van der Waals surface area contributed by atoms with Gasteiger partial charge in [-0.2, -0.15) is 0 Å². The Labute approximate surface area is 158 Å². The molecule has 1 N–H and O–H groups in total. The highest BCUT2D eigenvalue weighted by Crippen LogP contribution is 2.25. The monoisotopic (exact) mass is 371 g/mol. The highest BCUT2D eigenvalue weighted by molar-refractivity contribution is 7.15. The number of carbonyl (C=O) groups is 2. The van der Waals surface area contributed by atoms with Crippen molar-refractivity contribution in [3.63, 3.8) is 0 Å². The number of aryl methyl sites for hydroxylation is 3. The molecule has 1 aromatic heterocycles. The molecule has 2 amide bonds. The normalized spacial score (nSPS) is 17.2. The van der Waals surface area contributed by atoms with Crippen LogP contribution in [0.1, 0.15) is 46.3 Å². The number of piperidine rings is 1. The lowest BCUT2D eigenvalue weighted by molar-refractivity contribution is -0.121. The van der Waals surface area contributed by atoms with Crippen molar-refractivity contribution in [1.29, 1.82) is 0 Å². The number of nitrogens with one attached hydrogen (secondary N) is 1. The zero-order chi connectivity index (χ0) is 18.7. The third-order valence-corrected chi connectivity index (χ3v) is 5.76. The molecule has 0 aliphatic carbocycles. The number of hydrogen-bond donors (Lipinski definition) is 1. The van der Waals surface area contributed by atoms with Crippen LogP contribution in [0.4, 0.5) is 5.13 Å². The lowest BCUT2D eigenvalue weighted by Crippen LogP contribution is -2.43. The van der Waals surface area contributed by atoms with Crippen LogP contribution in [0.5, 0.6) is 0 Å². The molecule has 6 heteroatoms. The molecule has 2 heterocycles. The van der Waals surface area contributed by atoms with Crippen molar-refractivity contribution in [3.05, 3.63) is 46.0 Å². The minimum absolute atomic E-state index is 0.000798. The van der Waals surface area contributed by atoms with E-state index in [1.807, 2.05) is 38.1 Å². The smallest absolute Gasteiger partial charge is 0.253 e. The maximum Gasteiger partial charge on any atom is 0.253 e. The third kappa shape index (κ3) is 4.12. The number of nitrogens with zero attached hydrogens (tertiary/aromatic N) is 2. The summed E-state index contributed by atoms with van der Waals surface area (Å²) in [4.78, 5) is 32.8. The van der Waals surface area contributed by atoms with Crippen LogP contribution in [0.25, 0.3) is 0 Å². The fraction of sp³-hybridized carbons (Fsp3) is 0.450. The van der Waals surface area contributed by atoms with E-state index >= 15 is 0 Å². The van der Waals surface area contributed by atoms with Gasteiger partial charge < -0.3 is 10.2 Å². The Bertz CT molecular complexity index is 798. The highest BCUT2D eigenvalue weighted by atomic mass is 32.1. The van der Waals surface area contributed by atoms with Crippen LogP contribution in [0.2, 0.25) is 0 Å². The van der Waals surface area contributed by atoms with E-state index in [0.29, 0.717) is 23.8 Å². The Morgan fingerprint density at radius 1 is 1.27 bits per heavy atom. The van der Waals surface area contributed by atoms with E-state index in [0.717, 1.165) is 35.4 Å². The van der Waals surface area contributed by atoms with Gasteiger partial charge in [-0.3, -0.25) is 9.59 Å². The predicted octanol–water partition coefficient (Wildman–Crippen LogP) is 3.81. The molecule has 0 radical (unpaired) electrons. The molecule has 1 aliphatic heterocycles. The molecule has 1 aliphatic rings. The fourth-order valence-corrected chi connectivity index (χ4v) is 4.18. The van der Waals surface area contributed by atoms with E-state index in [2.05, 4.69) is 17.2 Å². The van der Waals surface area contributed by atoms with Gasteiger partial charge in [0.05, 0.1) is 11.6 Å². The largest absolute Gasteiger partial charge is 0.338 e. The van der Waals surface area contributed by atoms with Crippen molar-refractivity contribution in [3.8, 4) is 0 Å². The zero-order valence-electron chi connectivity index (χ0n) is 15.5. The van der Waals surface area contributed by atoms with Gasteiger partial charge in [-0.15, -0.1) is 11.3 Å². The van der Waals surface area contributed by atoms with Gasteiger partial charge in [0.25, 0.3) is 5.91 Å². The number of anilines is 1. The molecule has 1 unspecified atom stereocenters. The van der Waals surface area contributed by atoms with E-state index in [1.165, 1.54) is 11.3 Å². The first-order valence-corrected chi connectivity index (χ1v) is 9.92. The Morgan fingerprint density at radius 3 is 2.65 bits per heavy atom. The molecule has 3 rings (SSSR count). The summed E-state index contributed by atoms with van der Waals surface area (Å²) < 4.78 is 0. The quantitative estimate of drug-likeness (QED) is 0.889. The summed E-state index contributed by atoms with van der Waals surface area (Å²) in [6.07, 6.45) is 2.50. The molecule has 1 aromatic carbocycles. The summed E-state index contributed by atoms with van der Waals surface area (Å²) in [5, 5.41) is 3.60. The maximum absolute atomic E-state index is 12.7. The number of rotatable bonds is 4. The fourth-order valence-electron chi connectivity index (χ4n) is 3.27. The van der Waals surface area contributed by atoms with E-state index in [1.54, 1.807) is 4.90 Å². The molecule has 1 fully saturated rings.